The van der Waals surface area contributed by atoms with Gasteiger partial charge >= 0.3 is 0 Å². The molecule has 0 bridgehead atoms. The van der Waals surface area contributed by atoms with E-state index in [4.69, 9.17) is 4.74 Å². The Bertz CT molecular complexity index is 633. The lowest BCUT2D eigenvalue weighted by molar-refractivity contribution is -0.121. The van der Waals surface area contributed by atoms with Gasteiger partial charge in [0.05, 0.1) is 23.5 Å². The van der Waals surface area contributed by atoms with Crippen LogP contribution in [0.1, 0.15) is 25.1 Å². The average Bonchev–Trinajstić information content (AvgIpc) is 3.17. The predicted molar refractivity (Wildman–Crippen MR) is 76.5 cm³/mol. The molecule has 2 aromatic rings. The van der Waals surface area contributed by atoms with Crippen LogP contribution in [0.15, 0.2) is 24.7 Å². The van der Waals surface area contributed by atoms with Crippen LogP contribution in [-0.2, 0) is 23.1 Å². The van der Waals surface area contributed by atoms with Crippen molar-refractivity contribution in [2.75, 3.05) is 11.9 Å². The van der Waals surface area contributed by atoms with Crippen LogP contribution in [0.25, 0.3) is 0 Å². The topological polar surface area (TPSA) is 74.0 Å². The van der Waals surface area contributed by atoms with Crippen molar-refractivity contribution in [3.63, 3.8) is 0 Å². The third-order valence-corrected chi connectivity index (χ3v) is 3.80. The van der Waals surface area contributed by atoms with E-state index >= 15 is 0 Å². The molecule has 3 rings (SSSR count). The van der Waals surface area contributed by atoms with Gasteiger partial charge in [-0.15, -0.1) is 0 Å². The molecule has 0 saturated carbocycles. The maximum atomic E-state index is 12.5. The Morgan fingerprint density at radius 1 is 1.52 bits per heavy atom. The first-order valence-corrected chi connectivity index (χ1v) is 7.12. The first-order valence-electron chi connectivity index (χ1n) is 7.12. The van der Waals surface area contributed by atoms with E-state index in [1.54, 1.807) is 21.8 Å². The highest BCUT2D eigenvalue weighted by Crippen LogP contribution is 2.34. The molecule has 2 atom stereocenters. The molecule has 0 unspecified atom stereocenters. The molecule has 3 heterocycles. The molecule has 21 heavy (non-hydrogen) atoms. The molecule has 0 aromatic carbocycles. The van der Waals surface area contributed by atoms with Gasteiger partial charge in [0.15, 0.2) is 0 Å². The number of aryl methyl sites for hydroxylation is 2. The number of aromatic nitrogens is 4. The minimum atomic E-state index is -0.237. The van der Waals surface area contributed by atoms with Crippen LogP contribution in [0, 0.1) is 5.92 Å². The first-order chi connectivity index (χ1) is 10.2. The van der Waals surface area contributed by atoms with E-state index in [-0.39, 0.29) is 17.9 Å². The van der Waals surface area contributed by atoms with E-state index in [1.807, 2.05) is 26.2 Å². The fourth-order valence-electron chi connectivity index (χ4n) is 2.65. The molecule has 1 amide bonds. The smallest absolute Gasteiger partial charge is 0.230 e. The minimum absolute atomic E-state index is 0.0330. The minimum Gasteiger partial charge on any atom is -0.371 e. The maximum Gasteiger partial charge on any atom is 0.230 e. The van der Waals surface area contributed by atoms with E-state index in [2.05, 4.69) is 15.5 Å². The lowest BCUT2D eigenvalue weighted by Gasteiger charge is -2.17. The Balaban J connectivity index is 1.73. The van der Waals surface area contributed by atoms with Crippen LogP contribution >= 0.6 is 0 Å². The number of anilines is 1. The van der Waals surface area contributed by atoms with Crippen molar-refractivity contribution in [3.05, 3.63) is 30.4 Å². The Morgan fingerprint density at radius 3 is 3.05 bits per heavy atom. The number of hydrogen-bond donors (Lipinski definition) is 1. The van der Waals surface area contributed by atoms with Crippen LogP contribution in [0.4, 0.5) is 5.69 Å². The van der Waals surface area contributed by atoms with Crippen LogP contribution < -0.4 is 5.32 Å². The summed E-state index contributed by atoms with van der Waals surface area (Å²) in [6.07, 6.45) is 5.68. The summed E-state index contributed by atoms with van der Waals surface area (Å²) < 4.78 is 9.27. The SMILES string of the molecule is CCn1cc(NC(=O)[C@@H]2CCO[C@H]2c2ccnn2C)cn1. The fourth-order valence-corrected chi connectivity index (χ4v) is 2.65. The summed E-state index contributed by atoms with van der Waals surface area (Å²) in [5, 5.41) is 11.2. The van der Waals surface area contributed by atoms with Gasteiger partial charge in [-0.25, -0.2) is 0 Å². The summed E-state index contributed by atoms with van der Waals surface area (Å²) >= 11 is 0. The summed E-state index contributed by atoms with van der Waals surface area (Å²) in [4.78, 5) is 12.5. The van der Waals surface area contributed by atoms with E-state index in [0.29, 0.717) is 13.0 Å². The van der Waals surface area contributed by atoms with Crippen molar-refractivity contribution in [1.29, 1.82) is 0 Å². The van der Waals surface area contributed by atoms with E-state index < -0.39 is 0 Å². The standard InChI is InChI=1S/C14H19N5O2/c1-3-19-9-10(8-16-19)17-14(20)11-5-7-21-13(11)12-4-6-15-18(12)2/h4,6,8-9,11,13H,3,5,7H2,1-2H3,(H,17,20)/t11-,13-/m1/s1. The second-order valence-corrected chi connectivity index (χ2v) is 5.14. The molecule has 7 heteroatoms. The van der Waals surface area contributed by atoms with Gasteiger partial charge in [0.25, 0.3) is 0 Å². The maximum absolute atomic E-state index is 12.5. The van der Waals surface area contributed by atoms with Crippen molar-refractivity contribution in [3.8, 4) is 0 Å². The number of hydrogen-bond acceptors (Lipinski definition) is 4. The number of nitrogens with one attached hydrogen (secondary N) is 1. The molecular weight excluding hydrogens is 270 g/mol. The Hall–Kier alpha value is -2.15. The van der Waals surface area contributed by atoms with E-state index in [1.165, 1.54) is 0 Å². The summed E-state index contributed by atoms with van der Waals surface area (Å²) in [5.41, 5.74) is 1.65. The molecular formula is C14H19N5O2. The monoisotopic (exact) mass is 289 g/mol. The van der Waals surface area contributed by atoms with Gasteiger partial charge in [0, 0.05) is 32.6 Å². The Morgan fingerprint density at radius 2 is 2.38 bits per heavy atom. The lowest BCUT2D eigenvalue weighted by atomic mass is 9.98. The highest BCUT2D eigenvalue weighted by Gasteiger charge is 2.36. The zero-order valence-electron chi connectivity index (χ0n) is 12.2. The number of rotatable bonds is 4. The number of carbonyl (C=O) groups excluding carboxylic acids is 1. The quantitative estimate of drug-likeness (QED) is 0.922. The summed E-state index contributed by atoms with van der Waals surface area (Å²) in [6.45, 7) is 3.37. The molecule has 1 aliphatic heterocycles. The third kappa shape index (κ3) is 2.69. The van der Waals surface area contributed by atoms with Gasteiger partial charge in [-0.05, 0) is 19.4 Å². The van der Waals surface area contributed by atoms with Crippen molar-refractivity contribution < 1.29 is 9.53 Å². The highest BCUT2D eigenvalue weighted by molar-refractivity contribution is 5.92. The second-order valence-electron chi connectivity index (χ2n) is 5.14. The summed E-state index contributed by atoms with van der Waals surface area (Å²) in [7, 11) is 1.86. The molecule has 7 nitrogen and oxygen atoms in total. The third-order valence-electron chi connectivity index (χ3n) is 3.80. The molecule has 1 fully saturated rings. The van der Waals surface area contributed by atoms with Crippen molar-refractivity contribution >= 4 is 11.6 Å². The van der Waals surface area contributed by atoms with Crippen LogP contribution in [-0.4, -0.2) is 32.1 Å². The van der Waals surface area contributed by atoms with Crippen LogP contribution in [0.2, 0.25) is 0 Å². The molecule has 0 spiro atoms. The molecule has 1 aliphatic rings. The van der Waals surface area contributed by atoms with Gasteiger partial charge in [-0.1, -0.05) is 0 Å². The molecule has 0 radical (unpaired) electrons. The summed E-state index contributed by atoms with van der Waals surface area (Å²) in [5.74, 6) is -0.236. The van der Waals surface area contributed by atoms with E-state index in [0.717, 1.165) is 17.9 Å². The van der Waals surface area contributed by atoms with Crippen molar-refractivity contribution in [2.45, 2.75) is 26.0 Å². The fraction of sp³-hybridized carbons (Fsp3) is 0.500. The number of nitrogens with zero attached hydrogens (tertiary/aromatic N) is 4. The van der Waals surface area contributed by atoms with Crippen molar-refractivity contribution in [1.82, 2.24) is 19.6 Å². The number of ether oxygens (including phenoxy) is 1. The first kappa shape index (κ1) is 13.8. The molecule has 1 N–H and O–H groups in total. The molecule has 0 aliphatic carbocycles. The zero-order chi connectivity index (χ0) is 14.8. The lowest BCUT2D eigenvalue weighted by Crippen LogP contribution is -2.26. The Labute approximate surface area is 122 Å². The van der Waals surface area contributed by atoms with Gasteiger partial charge in [0.2, 0.25) is 5.91 Å². The van der Waals surface area contributed by atoms with Gasteiger partial charge < -0.3 is 10.1 Å². The van der Waals surface area contributed by atoms with Crippen LogP contribution in [0.3, 0.4) is 0 Å². The Kier molecular flexibility index (Phi) is 3.74. The molecule has 2 aromatic heterocycles. The normalized spacial score (nSPS) is 21.6. The number of amides is 1. The predicted octanol–water partition coefficient (Wildman–Crippen LogP) is 1.35. The van der Waals surface area contributed by atoms with Gasteiger partial charge in [-0.3, -0.25) is 14.2 Å². The summed E-state index contributed by atoms with van der Waals surface area (Å²) in [6, 6.07) is 1.89. The molecule has 1 saturated heterocycles. The largest absolute Gasteiger partial charge is 0.371 e. The van der Waals surface area contributed by atoms with Gasteiger partial charge in [-0.2, -0.15) is 10.2 Å². The highest BCUT2D eigenvalue weighted by atomic mass is 16.5. The average molecular weight is 289 g/mol. The van der Waals surface area contributed by atoms with Gasteiger partial charge in [0.1, 0.15) is 6.10 Å². The number of carbonyl (C=O) groups is 1. The second kappa shape index (κ2) is 5.69. The van der Waals surface area contributed by atoms with E-state index in [9.17, 15) is 4.79 Å². The van der Waals surface area contributed by atoms with Crippen LogP contribution in [0.5, 0.6) is 0 Å². The van der Waals surface area contributed by atoms with Crippen molar-refractivity contribution in [2.24, 2.45) is 13.0 Å². The zero-order valence-corrected chi connectivity index (χ0v) is 12.2. The molecule has 112 valence electrons.